The molecule has 106 valence electrons. The average molecular weight is 341 g/mol. The van der Waals surface area contributed by atoms with Crippen molar-refractivity contribution < 1.29 is 0 Å². The van der Waals surface area contributed by atoms with Crippen molar-refractivity contribution in [2.75, 3.05) is 5.32 Å². The maximum Gasteiger partial charge on any atom is 0.0763 e. The Bertz CT molecular complexity index is 768. The maximum absolute atomic E-state index is 4.52. The molecule has 0 unspecified atom stereocenters. The second-order valence-corrected chi connectivity index (χ2v) is 5.87. The van der Waals surface area contributed by atoms with E-state index in [2.05, 4.69) is 75.6 Å². The minimum Gasteiger partial charge on any atom is -0.381 e. The summed E-state index contributed by atoms with van der Waals surface area (Å²) in [6.45, 7) is 2.94. The van der Waals surface area contributed by atoms with Crippen molar-refractivity contribution >= 4 is 32.5 Å². The fourth-order valence-corrected chi connectivity index (χ4v) is 2.89. The van der Waals surface area contributed by atoms with Gasteiger partial charge in [-0.15, -0.1) is 0 Å². The van der Waals surface area contributed by atoms with Gasteiger partial charge in [0.15, 0.2) is 0 Å². The topological polar surface area (TPSA) is 24.9 Å². The van der Waals surface area contributed by atoms with Gasteiger partial charge in [-0.2, -0.15) is 0 Å². The number of pyridine rings is 1. The van der Waals surface area contributed by atoms with Crippen LogP contribution in [0.1, 0.15) is 18.1 Å². The van der Waals surface area contributed by atoms with Crippen LogP contribution in [-0.2, 0) is 13.0 Å². The molecule has 0 saturated carbocycles. The van der Waals surface area contributed by atoms with Crippen LogP contribution < -0.4 is 5.32 Å². The van der Waals surface area contributed by atoms with E-state index in [1.807, 2.05) is 12.3 Å². The van der Waals surface area contributed by atoms with E-state index in [9.17, 15) is 0 Å². The van der Waals surface area contributed by atoms with Crippen molar-refractivity contribution in [3.05, 3.63) is 70.3 Å². The third kappa shape index (κ3) is 3.08. The summed E-state index contributed by atoms with van der Waals surface area (Å²) in [6.07, 6.45) is 2.90. The van der Waals surface area contributed by atoms with Crippen LogP contribution in [0, 0.1) is 0 Å². The predicted molar refractivity (Wildman–Crippen MR) is 92.6 cm³/mol. The van der Waals surface area contributed by atoms with E-state index in [4.69, 9.17) is 0 Å². The monoisotopic (exact) mass is 340 g/mol. The number of hydrogen-bond acceptors (Lipinski definition) is 2. The second-order valence-electron chi connectivity index (χ2n) is 5.01. The van der Waals surface area contributed by atoms with Crippen molar-refractivity contribution in [3.63, 3.8) is 0 Å². The first kappa shape index (κ1) is 14.1. The summed E-state index contributed by atoms with van der Waals surface area (Å²) in [5, 5.41) is 4.64. The van der Waals surface area contributed by atoms with Gasteiger partial charge in [-0.05, 0) is 41.8 Å². The molecule has 3 rings (SSSR count). The quantitative estimate of drug-likeness (QED) is 0.708. The molecular weight excluding hydrogens is 324 g/mol. The van der Waals surface area contributed by atoms with E-state index in [-0.39, 0.29) is 0 Å². The highest BCUT2D eigenvalue weighted by Crippen LogP contribution is 2.25. The van der Waals surface area contributed by atoms with Crippen LogP contribution in [0.3, 0.4) is 0 Å². The van der Waals surface area contributed by atoms with Crippen molar-refractivity contribution in [3.8, 4) is 0 Å². The number of benzene rings is 2. The molecule has 0 aliphatic carbocycles. The molecule has 1 heterocycles. The lowest BCUT2D eigenvalue weighted by Crippen LogP contribution is -2.01. The van der Waals surface area contributed by atoms with Crippen LogP contribution >= 0.6 is 15.9 Å². The Morgan fingerprint density at radius 3 is 2.86 bits per heavy atom. The van der Waals surface area contributed by atoms with Crippen LogP contribution in [-0.4, -0.2) is 4.98 Å². The summed E-state index contributed by atoms with van der Waals surface area (Å²) in [7, 11) is 0. The molecule has 1 N–H and O–H groups in total. The Hall–Kier alpha value is -1.87. The second kappa shape index (κ2) is 6.27. The average Bonchev–Trinajstić information content (AvgIpc) is 2.55. The number of aryl methyl sites for hydroxylation is 1. The van der Waals surface area contributed by atoms with Gasteiger partial charge in [-0.25, -0.2) is 0 Å². The number of nitrogens with zero attached hydrogens (tertiary/aromatic N) is 1. The van der Waals surface area contributed by atoms with Crippen molar-refractivity contribution in [2.24, 2.45) is 0 Å². The van der Waals surface area contributed by atoms with Crippen molar-refractivity contribution in [2.45, 2.75) is 19.9 Å². The van der Waals surface area contributed by atoms with Crippen LogP contribution in [0.15, 0.2) is 59.2 Å². The lowest BCUT2D eigenvalue weighted by molar-refractivity contribution is 1.12. The van der Waals surface area contributed by atoms with Crippen LogP contribution in [0.5, 0.6) is 0 Å². The Balaban J connectivity index is 1.87. The highest BCUT2D eigenvalue weighted by Gasteiger charge is 2.05. The minimum absolute atomic E-state index is 0.772. The molecule has 0 aliphatic heterocycles. The van der Waals surface area contributed by atoms with E-state index in [0.29, 0.717) is 0 Å². The van der Waals surface area contributed by atoms with Gasteiger partial charge in [0.25, 0.3) is 0 Å². The molecule has 21 heavy (non-hydrogen) atoms. The van der Waals surface area contributed by atoms with Crippen LogP contribution in [0.2, 0.25) is 0 Å². The van der Waals surface area contributed by atoms with Gasteiger partial charge in [0.1, 0.15) is 0 Å². The Labute approximate surface area is 133 Å². The van der Waals surface area contributed by atoms with Gasteiger partial charge in [0.2, 0.25) is 0 Å². The Morgan fingerprint density at radius 2 is 2.00 bits per heavy atom. The lowest BCUT2D eigenvalue weighted by atomic mass is 10.1. The van der Waals surface area contributed by atoms with Crippen LogP contribution in [0.4, 0.5) is 5.69 Å². The standard InChI is InChI=1S/C18H17BrN2/c1-2-13-5-3-6-15(11-13)21-12-14-8-9-17(19)16-7-4-10-20-18(14)16/h3-11,21H,2,12H2,1H3. The minimum atomic E-state index is 0.772. The third-order valence-corrected chi connectivity index (χ3v) is 4.31. The molecule has 0 spiro atoms. The zero-order chi connectivity index (χ0) is 14.7. The van der Waals surface area contributed by atoms with E-state index < -0.39 is 0 Å². The molecule has 0 bridgehead atoms. The van der Waals surface area contributed by atoms with E-state index >= 15 is 0 Å². The molecule has 0 saturated heterocycles. The molecule has 0 fully saturated rings. The number of hydrogen-bond donors (Lipinski definition) is 1. The molecule has 0 aliphatic rings. The molecule has 2 aromatic carbocycles. The lowest BCUT2D eigenvalue weighted by Gasteiger charge is -2.10. The SMILES string of the molecule is CCc1cccc(NCc2ccc(Br)c3cccnc23)c1. The van der Waals surface area contributed by atoms with Gasteiger partial charge in [-0.1, -0.05) is 47.1 Å². The summed E-state index contributed by atoms with van der Waals surface area (Å²) < 4.78 is 1.09. The third-order valence-electron chi connectivity index (χ3n) is 3.62. The van der Waals surface area contributed by atoms with Gasteiger partial charge in [-0.3, -0.25) is 4.98 Å². The van der Waals surface area contributed by atoms with E-state index in [1.165, 1.54) is 11.1 Å². The molecule has 0 atom stereocenters. The number of anilines is 1. The largest absolute Gasteiger partial charge is 0.381 e. The first-order valence-electron chi connectivity index (χ1n) is 7.13. The van der Waals surface area contributed by atoms with Crippen LogP contribution in [0.25, 0.3) is 10.9 Å². The Morgan fingerprint density at radius 1 is 1.10 bits per heavy atom. The zero-order valence-electron chi connectivity index (χ0n) is 11.9. The van der Waals surface area contributed by atoms with Gasteiger partial charge in [0.05, 0.1) is 5.52 Å². The molecule has 0 radical (unpaired) electrons. The number of nitrogens with one attached hydrogen (secondary N) is 1. The summed E-state index contributed by atoms with van der Waals surface area (Å²) in [4.78, 5) is 4.52. The molecule has 3 heteroatoms. The first-order valence-corrected chi connectivity index (χ1v) is 7.92. The molecule has 2 nitrogen and oxygen atoms in total. The maximum atomic E-state index is 4.52. The Kier molecular flexibility index (Phi) is 4.20. The van der Waals surface area contributed by atoms with E-state index in [1.54, 1.807) is 0 Å². The molecular formula is C18H17BrN2. The molecule has 0 amide bonds. The summed E-state index contributed by atoms with van der Waals surface area (Å²) in [5.41, 5.74) is 4.75. The number of aromatic nitrogens is 1. The van der Waals surface area contributed by atoms with Gasteiger partial charge in [0, 0.05) is 28.3 Å². The molecule has 1 aromatic heterocycles. The number of halogens is 1. The van der Waals surface area contributed by atoms with Crippen molar-refractivity contribution in [1.29, 1.82) is 0 Å². The smallest absolute Gasteiger partial charge is 0.0763 e. The fraction of sp³-hybridized carbons (Fsp3) is 0.167. The van der Waals surface area contributed by atoms with E-state index in [0.717, 1.165) is 34.0 Å². The summed E-state index contributed by atoms with van der Waals surface area (Å²) in [5.74, 6) is 0. The zero-order valence-corrected chi connectivity index (χ0v) is 13.5. The fourth-order valence-electron chi connectivity index (χ4n) is 2.44. The normalized spacial score (nSPS) is 10.8. The number of rotatable bonds is 4. The predicted octanol–water partition coefficient (Wildman–Crippen LogP) is 5.17. The highest BCUT2D eigenvalue weighted by molar-refractivity contribution is 9.10. The summed E-state index contributed by atoms with van der Waals surface area (Å²) in [6, 6.07) is 16.8. The van der Waals surface area contributed by atoms with Gasteiger partial charge >= 0.3 is 0 Å². The summed E-state index contributed by atoms with van der Waals surface area (Å²) >= 11 is 3.59. The van der Waals surface area contributed by atoms with Gasteiger partial charge < -0.3 is 5.32 Å². The van der Waals surface area contributed by atoms with Crippen molar-refractivity contribution in [1.82, 2.24) is 4.98 Å². The number of fused-ring (bicyclic) bond motifs is 1. The first-order chi connectivity index (χ1) is 10.3. The molecule has 3 aromatic rings. The highest BCUT2D eigenvalue weighted by atomic mass is 79.9.